The molecule has 0 aliphatic heterocycles. The molecule has 124 valence electrons. The van der Waals surface area contributed by atoms with Gasteiger partial charge in [-0.2, -0.15) is 0 Å². The van der Waals surface area contributed by atoms with E-state index in [1.54, 1.807) is 54.6 Å². The molecule has 0 saturated heterocycles. The number of nitrogen functional groups attached to an aromatic ring is 2. The fourth-order valence-electron chi connectivity index (χ4n) is 1.90. The lowest BCUT2D eigenvalue weighted by molar-refractivity contribution is -0.159. The Morgan fingerprint density at radius 1 is 1.00 bits per heavy atom. The molecule has 0 fully saturated rings. The van der Waals surface area contributed by atoms with Crippen molar-refractivity contribution in [1.82, 2.24) is 0 Å². The highest BCUT2D eigenvalue weighted by Gasteiger charge is 2.18. The van der Waals surface area contributed by atoms with Crippen LogP contribution in [0.25, 0.3) is 6.08 Å². The lowest BCUT2D eigenvalue weighted by Crippen LogP contribution is -2.24. The third-order valence-corrected chi connectivity index (χ3v) is 3.20. The molecule has 0 radical (unpaired) electrons. The van der Waals surface area contributed by atoms with Gasteiger partial charge in [-0.25, -0.2) is 4.79 Å². The van der Waals surface area contributed by atoms with Crippen LogP contribution in [0.5, 0.6) is 0 Å². The SMILES string of the molecule is Nc1ccc(C=CC(OC=O)C(=O)OCc2ccc(N)cc2)cc1. The van der Waals surface area contributed by atoms with Crippen molar-refractivity contribution in [2.45, 2.75) is 12.7 Å². The molecule has 0 spiro atoms. The molecular formula is C18H18N2O4. The second-order valence-electron chi connectivity index (χ2n) is 5.03. The minimum absolute atomic E-state index is 0.0630. The maximum absolute atomic E-state index is 12.0. The highest BCUT2D eigenvalue weighted by molar-refractivity contribution is 5.79. The van der Waals surface area contributed by atoms with E-state index in [1.807, 2.05) is 0 Å². The fraction of sp³-hybridized carbons (Fsp3) is 0.111. The summed E-state index contributed by atoms with van der Waals surface area (Å²) in [6.45, 7) is 0.274. The van der Waals surface area contributed by atoms with E-state index in [0.29, 0.717) is 11.4 Å². The molecule has 1 unspecified atom stereocenters. The Bertz CT molecular complexity index is 709. The summed E-state index contributed by atoms with van der Waals surface area (Å²) in [5.74, 6) is -0.661. The van der Waals surface area contributed by atoms with Gasteiger partial charge in [0.05, 0.1) is 0 Å². The van der Waals surface area contributed by atoms with Crippen molar-refractivity contribution in [3.8, 4) is 0 Å². The van der Waals surface area contributed by atoms with Crippen LogP contribution in [-0.4, -0.2) is 18.5 Å². The van der Waals surface area contributed by atoms with Crippen molar-refractivity contribution >= 4 is 29.9 Å². The van der Waals surface area contributed by atoms with Gasteiger partial charge in [0.25, 0.3) is 6.47 Å². The van der Waals surface area contributed by atoms with E-state index in [1.165, 1.54) is 6.08 Å². The van der Waals surface area contributed by atoms with Gasteiger partial charge in [0, 0.05) is 11.4 Å². The van der Waals surface area contributed by atoms with Crippen molar-refractivity contribution in [2.75, 3.05) is 11.5 Å². The number of hydrogen-bond donors (Lipinski definition) is 2. The van der Waals surface area contributed by atoms with Crippen molar-refractivity contribution in [1.29, 1.82) is 0 Å². The van der Waals surface area contributed by atoms with Crippen molar-refractivity contribution in [3.05, 3.63) is 65.7 Å². The molecule has 0 heterocycles. The summed E-state index contributed by atoms with van der Waals surface area (Å²) in [5.41, 5.74) is 14.1. The third-order valence-electron chi connectivity index (χ3n) is 3.20. The first-order chi connectivity index (χ1) is 11.6. The Balaban J connectivity index is 1.97. The van der Waals surface area contributed by atoms with Gasteiger partial charge in [0.15, 0.2) is 0 Å². The highest BCUT2D eigenvalue weighted by atomic mass is 16.6. The van der Waals surface area contributed by atoms with Gasteiger partial charge in [-0.15, -0.1) is 0 Å². The zero-order chi connectivity index (χ0) is 17.4. The van der Waals surface area contributed by atoms with Crippen LogP contribution in [0.2, 0.25) is 0 Å². The van der Waals surface area contributed by atoms with Gasteiger partial charge in [-0.1, -0.05) is 30.3 Å². The van der Waals surface area contributed by atoms with Crippen LogP contribution >= 0.6 is 0 Å². The van der Waals surface area contributed by atoms with Crippen LogP contribution in [0.15, 0.2) is 54.6 Å². The first-order valence-electron chi connectivity index (χ1n) is 7.22. The Kier molecular flexibility index (Phi) is 5.96. The number of carbonyl (C=O) groups is 2. The van der Waals surface area contributed by atoms with Gasteiger partial charge in [0.2, 0.25) is 6.10 Å². The molecule has 0 aliphatic carbocycles. The zero-order valence-corrected chi connectivity index (χ0v) is 12.9. The quantitative estimate of drug-likeness (QED) is 0.459. The van der Waals surface area contributed by atoms with Gasteiger partial charge in [-0.05, 0) is 41.5 Å². The topological polar surface area (TPSA) is 105 Å². The Hall–Kier alpha value is -3.28. The molecule has 2 aromatic carbocycles. The lowest BCUT2D eigenvalue weighted by Gasteiger charge is -2.11. The zero-order valence-electron chi connectivity index (χ0n) is 12.9. The van der Waals surface area contributed by atoms with E-state index in [-0.39, 0.29) is 13.1 Å². The van der Waals surface area contributed by atoms with Crippen LogP contribution in [-0.2, 0) is 25.7 Å². The maximum Gasteiger partial charge on any atom is 0.351 e. The van der Waals surface area contributed by atoms with Crippen LogP contribution in [0.1, 0.15) is 11.1 Å². The molecule has 0 amide bonds. The molecule has 0 saturated carbocycles. The molecule has 0 aliphatic rings. The number of nitrogens with two attached hydrogens (primary N) is 2. The predicted octanol–water partition coefficient (Wildman–Crippen LogP) is 2.15. The Labute approximate surface area is 139 Å². The molecule has 24 heavy (non-hydrogen) atoms. The lowest BCUT2D eigenvalue weighted by atomic mass is 10.1. The number of ether oxygens (including phenoxy) is 2. The number of carbonyl (C=O) groups excluding carboxylic acids is 2. The summed E-state index contributed by atoms with van der Waals surface area (Å²) in [6.07, 6.45) is 1.98. The van der Waals surface area contributed by atoms with Crippen LogP contribution in [0.4, 0.5) is 11.4 Å². The van der Waals surface area contributed by atoms with Crippen LogP contribution in [0.3, 0.4) is 0 Å². The minimum atomic E-state index is -1.12. The normalized spacial score (nSPS) is 11.8. The van der Waals surface area contributed by atoms with Gasteiger partial charge in [-0.3, -0.25) is 4.79 Å². The second kappa shape index (κ2) is 8.38. The number of rotatable bonds is 7. The number of esters is 1. The summed E-state index contributed by atoms with van der Waals surface area (Å²) in [4.78, 5) is 22.6. The summed E-state index contributed by atoms with van der Waals surface area (Å²) < 4.78 is 9.93. The van der Waals surface area contributed by atoms with E-state index in [2.05, 4.69) is 0 Å². The summed E-state index contributed by atoms with van der Waals surface area (Å²) in [5, 5.41) is 0. The van der Waals surface area contributed by atoms with Crippen molar-refractivity contribution in [3.63, 3.8) is 0 Å². The summed E-state index contributed by atoms with van der Waals surface area (Å²) in [7, 11) is 0. The molecule has 1 atom stereocenters. The smallest absolute Gasteiger partial charge is 0.351 e. The highest BCUT2D eigenvalue weighted by Crippen LogP contribution is 2.10. The molecule has 6 heteroatoms. The first-order valence-corrected chi connectivity index (χ1v) is 7.22. The molecule has 0 bridgehead atoms. The van der Waals surface area contributed by atoms with Crippen LogP contribution < -0.4 is 11.5 Å². The van der Waals surface area contributed by atoms with E-state index in [9.17, 15) is 9.59 Å². The Morgan fingerprint density at radius 2 is 1.58 bits per heavy atom. The number of anilines is 2. The van der Waals surface area contributed by atoms with E-state index >= 15 is 0 Å². The molecule has 6 nitrogen and oxygen atoms in total. The number of benzene rings is 2. The standard InChI is InChI=1S/C18H18N2O4/c19-15-6-1-13(2-7-15)5-10-17(24-12-21)18(22)23-11-14-3-8-16(20)9-4-14/h1-10,12,17H,11,19-20H2. The maximum atomic E-state index is 12.0. The van der Waals surface area contributed by atoms with E-state index < -0.39 is 12.1 Å². The fourth-order valence-corrected chi connectivity index (χ4v) is 1.90. The van der Waals surface area contributed by atoms with Gasteiger partial charge >= 0.3 is 5.97 Å². The largest absolute Gasteiger partial charge is 0.458 e. The van der Waals surface area contributed by atoms with Gasteiger partial charge in [0.1, 0.15) is 6.61 Å². The predicted molar refractivity (Wildman–Crippen MR) is 91.5 cm³/mol. The molecular weight excluding hydrogens is 308 g/mol. The third kappa shape index (κ3) is 5.17. The van der Waals surface area contributed by atoms with Gasteiger partial charge < -0.3 is 20.9 Å². The monoisotopic (exact) mass is 326 g/mol. The minimum Gasteiger partial charge on any atom is -0.458 e. The first kappa shape index (κ1) is 17.1. The summed E-state index contributed by atoms with van der Waals surface area (Å²) >= 11 is 0. The summed E-state index contributed by atoms with van der Waals surface area (Å²) in [6, 6.07) is 14.0. The molecule has 4 N–H and O–H groups in total. The molecule has 2 aromatic rings. The second-order valence-corrected chi connectivity index (χ2v) is 5.03. The average molecular weight is 326 g/mol. The van der Waals surface area contributed by atoms with E-state index in [0.717, 1.165) is 11.1 Å². The number of hydrogen-bond acceptors (Lipinski definition) is 6. The molecule has 0 aromatic heterocycles. The van der Waals surface area contributed by atoms with Crippen molar-refractivity contribution in [2.24, 2.45) is 0 Å². The van der Waals surface area contributed by atoms with Crippen molar-refractivity contribution < 1.29 is 19.1 Å². The molecule has 2 rings (SSSR count). The van der Waals surface area contributed by atoms with Crippen LogP contribution in [0, 0.1) is 0 Å². The average Bonchev–Trinajstić information content (AvgIpc) is 2.59. The Morgan fingerprint density at radius 3 is 2.17 bits per heavy atom. The van der Waals surface area contributed by atoms with E-state index in [4.69, 9.17) is 20.9 Å².